The van der Waals surface area contributed by atoms with Crippen LogP contribution in [0.2, 0.25) is 0 Å². The summed E-state index contributed by atoms with van der Waals surface area (Å²) in [5.74, 6) is 2.28. The second-order valence-corrected chi connectivity index (χ2v) is 6.43. The van der Waals surface area contributed by atoms with Crippen molar-refractivity contribution in [2.45, 2.75) is 25.7 Å². The summed E-state index contributed by atoms with van der Waals surface area (Å²) in [6.07, 6.45) is 8.04. The lowest BCUT2D eigenvalue weighted by Gasteiger charge is -2.20. The van der Waals surface area contributed by atoms with E-state index in [0.29, 0.717) is 17.7 Å². The average Bonchev–Trinajstić information content (AvgIpc) is 3.19. The Morgan fingerprint density at radius 1 is 1.13 bits per heavy atom. The van der Waals surface area contributed by atoms with Crippen molar-refractivity contribution in [1.29, 1.82) is 0 Å². The van der Waals surface area contributed by atoms with E-state index in [1.165, 1.54) is 19.3 Å². The third-order valence-electron chi connectivity index (χ3n) is 4.93. The molecule has 4 rings (SSSR count). The Kier molecular flexibility index (Phi) is 3.69. The Labute approximate surface area is 135 Å². The lowest BCUT2D eigenvalue weighted by molar-refractivity contribution is -0.121. The van der Waals surface area contributed by atoms with Crippen LogP contribution in [0.15, 0.2) is 42.7 Å². The molecule has 0 unspecified atom stereocenters. The second kappa shape index (κ2) is 5.99. The maximum Gasteiger partial charge on any atom is 0.321 e. The Bertz CT molecular complexity index is 704. The van der Waals surface area contributed by atoms with Gasteiger partial charge in [0.05, 0.1) is 0 Å². The quantitative estimate of drug-likeness (QED) is 0.936. The van der Waals surface area contributed by atoms with Crippen LogP contribution in [-0.4, -0.2) is 15.9 Å². The third-order valence-corrected chi connectivity index (χ3v) is 4.93. The van der Waals surface area contributed by atoms with E-state index in [2.05, 4.69) is 15.3 Å². The summed E-state index contributed by atoms with van der Waals surface area (Å²) in [6.45, 7) is 0. The molecule has 1 amide bonds. The van der Waals surface area contributed by atoms with Crippen LogP contribution in [-0.2, 0) is 4.79 Å². The molecule has 3 atom stereocenters. The number of carbonyl (C=O) groups excluding carboxylic acids is 1. The first-order valence-corrected chi connectivity index (χ1v) is 8.14. The van der Waals surface area contributed by atoms with E-state index in [9.17, 15) is 4.79 Å². The van der Waals surface area contributed by atoms with Gasteiger partial charge in [-0.05, 0) is 49.3 Å². The number of rotatable bonds is 4. The van der Waals surface area contributed by atoms with Gasteiger partial charge in [-0.15, -0.1) is 0 Å². The van der Waals surface area contributed by atoms with Gasteiger partial charge in [0, 0.05) is 30.1 Å². The van der Waals surface area contributed by atoms with Gasteiger partial charge in [0.25, 0.3) is 0 Å². The first kappa shape index (κ1) is 14.2. The number of anilines is 1. The van der Waals surface area contributed by atoms with Gasteiger partial charge in [-0.2, -0.15) is 0 Å². The van der Waals surface area contributed by atoms with Crippen LogP contribution in [0.1, 0.15) is 25.7 Å². The summed E-state index contributed by atoms with van der Waals surface area (Å²) in [5, 5.41) is 3.04. The molecule has 2 aliphatic carbocycles. The highest BCUT2D eigenvalue weighted by molar-refractivity contribution is 5.93. The molecular formula is C18H19N3O2. The van der Waals surface area contributed by atoms with Gasteiger partial charge in [-0.1, -0.05) is 12.5 Å². The first-order valence-electron chi connectivity index (χ1n) is 8.14. The number of amides is 1. The van der Waals surface area contributed by atoms with Crippen molar-refractivity contribution in [3.05, 3.63) is 42.7 Å². The van der Waals surface area contributed by atoms with Crippen LogP contribution in [0, 0.1) is 17.8 Å². The summed E-state index contributed by atoms with van der Waals surface area (Å²) >= 11 is 0. The molecule has 2 fully saturated rings. The van der Waals surface area contributed by atoms with Crippen LogP contribution in [0.3, 0.4) is 0 Å². The maximum atomic E-state index is 12.5. The van der Waals surface area contributed by atoms with E-state index in [4.69, 9.17) is 4.74 Å². The van der Waals surface area contributed by atoms with E-state index in [0.717, 1.165) is 18.0 Å². The minimum atomic E-state index is 0.144. The number of hydrogen-bond donors (Lipinski definition) is 1. The van der Waals surface area contributed by atoms with Crippen LogP contribution in [0.5, 0.6) is 11.8 Å². The van der Waals surface area contributed by atoms with Gasteiger partial charge in [0.15, 0.2) is 0 Å². The zero-order valence-corrected chi connectivity index (χ0v) is 12.8. The number of aromatic nitrogens is 2. The Hall–Kier alpha value is -2.43. The van der Waals surface area contributed by atoms with Crippen molar-refractivity contribution in [1.82, 2.24) is 9.97 Å². The van der Waals surface area contributed by atoms with E-state index < -0.39 is 0 Å². The molecule has 2 aliphatic rings. The summed E-state index contributed by atoms with van der Waals surface area (Å²) in [6, 6.07) is 9.39. The van der Waals surface area contributed by atoms with Crippen LogP contribution >= 0.6 is 0 Å². The molecule has 2 bridgehead atoms. The normalized spacial score (nSPS) is 25.3. The molecule has 1 heterocycles. The third kappa shape index (κ3) is 3.04. The van der Waals surface area contributed by atoms with Crippen LogP contribution in [0.4, 0.5) is 5.69 Å². The molecule has 2 aromatic rings. The van der Waals surface area contributed by atoms with Gasteiger partial charge in [-0.25, -0.2) is 9.97 Å². The molecule has 0 spiro atoms. The fourth-order valence-corrected chi connectivity index (χ4v) is 3.88. The van der Waals surface area contributed by atoms with Gasteiger partial charge >= 0.3 is 6.01 Å². The highest BCUT2D eigenvalue weighted by atomic mass is 16.5. The standard InChI is InChI=1S/C18H19N3O2/c22-17(16-10-12-5-6-13(16)9-12)21-14-3-1-4-15(11-14)23-18-19-7-2-8-20-18/h1-4,7-8,11-13,16H,5-6,9-10H2,(H,21,22)/t12-,13-,16-/m0/s1. The number of nitrogens with one attached hydrogen (secondary N) is 1. The summed E-state index contributed by atoms with van der Waals surface area (Å²) < 4.78 is 5.60. The van der Waals surface area contributed by atoms with E-state index in [-0.39, 0.29) is 11.8 Å². The number of benzene rings is 1. The largest absolute Gasteiger partial charge is 0.424 e. The van der Waals surface area contributed by atoms with Crippen molar-refractivity contribution in [2.24, 2.45) is 17.8 Å². The molecule has 5 nitrogen and oxygen atoms in total. The molecule has 2 saturated carbocycles. The van der Waals surface area contributed by atoms with Gasteiger partial charge < -0.3 is 10.1 Å². The number of ether oxygens (including phenoxy) is 1. The second-order valence-electron chi connectivity index (χ2n) is 6.43. The minimum absolute atomic E-state index is 0.144. The summed E-state index contributed by atoms with van der Waals surface area (Å²) in [7, 11) is 0. The van der Waals surface area contributed by atoms with Crippen LogP contribution in [0.25, 0.3) is 0 Å². The predicted molar refractivity (Wildman–Crippen MR) is 86.1 cm³/mol. The molecule has 23 heavy (non-hydrogen) atoms. The number of fused-ring (bicyclic) bond motifs is 2. The van der Waals surface area contributed by atoms with Crippen molar-refractivity contribution < 1.29 is 9.53 Å². The molecular weight excluding hydrogens is 290 g/mol. The summed E-state index contributed by atoms with van der Waals surface area (Å²) in [4.78, 5) is 20.6. The maximum absolute atomic E-state index is 12.5. The molecule has 0 saturated heterocycles. The van der Waals surface area contributed by atoms with Gasteiger partial charge in [0.1, 0.15) is 5.75 Å². The molecule has 1 aromatic heterocycles. The van der Waals surface area contributed by atoms with Crippen molar-refractivity contribution >= 4 is 11.6 Å². The monoisotopic (exact) mass is 309 g/mol. The SMILES string of the molecule is O=C(Nc1cccc(Oc2ncccn2)c1)[C@H]1C[C@H]2CC[C@H]1C2. The lowest BCUT2D eigenvalue weighted by Crippen LogP contribution is -2.27. The molecule has 1 N–H and O–H groups in total. The Morgan fingerprint density at radius 2 is 2.00 bits per heavy atom. The van der Waals surface area contributed by atoms with Crippen molar-refractivity contribution in [2.75, 3.05) is 5.32 Å². The highest BCUT2D eigenvalue weighted by Gasteiger charge is 2.42. The molecule has 0 aliphatic heterocycles. The zero-order chi connectivity index (χ0) is 15.6. The molecule has 0 radical (unpaired) electrons. The van der Waals surface area contributed by atoms with Crippen molar-refractivity contribution in [3.8, 4) is 11.8 Å². The fraction of sp³-hybridized carbons (Fsp3) is 0.389. The fourth-order valence-electron chi connectivity index (χ4n) is 3.88. The number of nitrogens with zero attached hydrogens (tertiary/aromatic N) is 2. The number of hydrogen-bond acceptors (Lipinski definition) is 4. The van der Waals surface area contributed by atoms with Gasteiger partial charge in [-0.3, -0.25) is 4.79 Å². The molecule has 118 valence electrons. The Balaban J connectivity index is 1.43. The Morgan fingerprint density at radius 3 is 2.74 bits per heavy atom. The first-order chi connectivity index (χ1) is 11.3. The smallest absolute Gasteiger partial charge is 0.321 e. The van der Waals surface area contributed by atoms with E-state index in [1.807, 2.05) is 24.3 Å². The van der Waals surface area contributed by atoms with Crippen LogP contribution < -0.4 is 10.1 Å². The molecule has 1 aromatic carbocycles. The number of carbonyl (C=O) groups is 1. The van der Waals surface area contributed by atoms with E-state index in [1.54, 1.807) is 18.5 Å². The predicted octanol–water partition coefficient (Wildman–Crippen LogP) is 3.64. The minimum Gasteiger partial charge on any atom is -0.424 e. The average molecular weight is 309 g/mol. The highest BCUT2D eigenvalue weighted by Crippen LogP contribution is 2.48. The topological polar surface area (TPSA) is 64.1 Å². The lowest BCUT2D eigenvalue weighted by atomic mass is 9.88. The van der Waals surface area contributed by atoms with Gasteiger partial charge in [0.2, 0.25) is 5.91 Å². The summed E-state index contributed by atoms with van der Waals surface area (Å²) in [5.41, 5.74) is 0.756. The zero-order valence-electron chi connectivity index (χ0n) is 12.8. The van der Waals surface area contributed by atoms with E-state index >= 15 is 0 Å². The van der Waals surface area contributed by atoms with Crippen molar-refractivity contribution in [3.63, 3.8) is 0 Å². The molecule has 5 heteroatoms.